The Labute approximate surface area is 152 Å². The van der Waals surface area contributed by atoms with Crippen molar-refractivity contribution in [2.24, 2.45) is 0 Å². The number of nitrogens with one attached hydrogen (secondary N) is 2. The Morgan fingerprint density at radius 1 is 1.15 bits per heavy atom. The second kappa shape index (κ2) is 6.64. The quantitative estimate of drug-likeness (QED) is 0.523. The maximum absolute atomic E-state index is 14.9. The second-order valence-corrected chi connectivity index (χ2v) is 5.90. The molecule has 3 heterocycles. The van der Waals surface area contributed by atoms with E-state index < -0.39 is 29.1 Å². The van der Waals surface area contributed by atoms with E-state index in [1.54, 1.807) is 31.5 Å². The van der Waals surface area contributed by atoms with Crippen LogP contribution in [0.15, 0.2) is 49.1 Å². The molecule has 8 heteroatoms. The standard InChI is InChI=1S/C19H14F2N4O2/c1-10(18-23-7-8-24-18)27-14-5-4-13(20)15(16(14)21)17(26)12-9-25-19-11(12)3-2-6-22-19/h2-10H,1H3,(H,22,25)(H,23,24). The van der Waals surface area contributed by atoms with Gasteiger partial charge in [0, 0.05) is 35.7 Å². The number of rotatable bonds is 5. The van der Waals surface area contributed by atoms with Crippen molar-refractivity contribution in [2.75, 3.05) is 0 Å². The first-order valence-corrected chi connectivity index (χ1v) is 8.17. The van der Waals surface area contributed by atoms with E-state index in [4.69, 9.17) is 4.74 Å². The summed E-state index contributed by atoms with van der Waals surface area (Å²) in [5.74, 6) is -2.57. The summed E-state index contributed by atoms with van der Waals surface area (Å²) in [5, 5.41) is 0.483. The van der Waals surface area contributed by atoms with Crippen LogP contribution in [0.2, 0.25) is 0 Å². The molecule has 0 spiro atoms. The Hall–Kier alpha value is -3.55. The van der Waals surface area contributed by atoms with Crippen molar-refractivity contribution in [1.29, 1.82) is 0 Å². The van der Waals surface area contributed by atoms with E-state index in [1.165, 1.54) is 12.4 Å². The lowest BCUT2D eigenvalue weighted by atomic mass is 10.0. The molecular formula is C19H14F2N4O2. The number of benzene rings is 1. The van der Waals surface area contributed by atoms with Gasteiger partial charge in [-0.25, -0.2) is 18.7 Å². The highest BCUT2D eigenvalue weighted by atomic mass is 19.1. The van der Waals surface area contributed by atoms with E-state index in [2.05, 4.69) is 19.9 Å². The Kier molecular flexibility index (Phi) is 4.15. The number of pyridine rings is 1. The Morgan fingerprint density at radius 2 is 2.00 bits per heavy atom. The van der Waals surface area contributed by atoms with Gasteiger partial charge >= 0.3 is 0 Å². The highest BCUT2D eigenvalue weighted by Crippen LogP contribution is 2.30. The van der Waals surface area contributed by atoms with Crippen LogP contribution in [0.1, 0.15) is 34.8 Å². The first-order chi connectivity index (χ1) is 13.1. The average Bonchev–Trinajstić information content (AvgIpc) is 3.33. The van der Waals surface area contributed by atoms with Crippen molar-refractivity contribution in [2.45, 2.75) is 13.0 Å². The topological polar surface area (TPSA) is 83.7 Å². The molecule has 0 radical (unpaired) electrons. The van der Waals surface area contributed by atoms with Gasteiger partial charge in [-0.3, -0.25) is 4.79 Å². The second-order valence-electron chi connectivity index (χ2n) is 5.90. The number of ether oxygens (including phenoxy) is 1. The average molecular weight is 368 g/mol. The molecule has 4 aromatic rings. The zero-order valence-corrected chi connectivity index (χ0v) is 14.2. The highest BCUT2D eigenvalue weighted by Gasteiger charge is 2.25. The number of fused-ring (bicyclic) bond motifs is 1. The van der Waals surface area contributed by atoms with Crippen molar-refractivity contribution in [3.8, 4) is 5.75 Å². The lowest BCUT2D eigenvalue weighted by Gasteiger charge is -2.15. The molecule has 4 rings (SSSR count). The number of nitrogens with zero attached hydrogens (tertiary/aromatic N) is 2. The number of imidazole rings is 1. The van der Waals surface area contributed by atoms with Crippen LogP contribution < -0.4 is 4.74 Å². The monoisotopic (exact) mass is 368 g/mol. The van der Waals surface area contributed by atoms with Gasteiger partial charge in [-0.05, 0) is 31.2 Å². The molecule has 136 valence electrons. The number of carbonyl (C=O) groups excluding carboxylic acids is 1. The number of halogens is 2. The summed E-state index contributed by atoms with van der Waals surface area (Å²) < 4.78 is 34.8. The van der Waals surface area contributed by atoms with Crippen molar-refractivity contribution >= 4 is 16.8 Å². The molecule has 6 nitrogen and oxygen atoms in total. The molecule has 0 aliphatic heterocycles. The lowest BCUT2D eigenvalue weighted by Crippen LogP contribution is -2.11. The molecule has 3 aromatic heterocycles. The van der Waals surface area contributed by atoms with Gasteiger partial charge in [0.15, 0.2) is 17.7 Å². The fraction of sp³-hybridized carbons (Fsp3) is 0.105. The third-order valence-corrected chi connectivity index (χ3v) is 4.19. The molecule has 1 aromatic carbocycles. The Morgan fingerprint density at radius 3 is 2.78 bits per heavy atom. The van der Waals surface area contributed by atoms with E-state index in [0.29, 0.717) is 16.9 Å². The summed E-state index contributed by atoms with van der Waals surface area (Å²) in [6.07, 6.45) is 5.48. The number of hydrogen-bond donors (Lipinski definition) is 2. The molecule has 0 saturated carbocycles. The number of ketones is 1. The minimum Gasteiger partial charge on any atom is -0.480 e. The molecule has 0 amide bonds. The van der Waals surface area contributed by atoms with Crippen LogP contribution in [0.3, 0.4) is 0 Å². The van der Waals surface area contributed by atoms with Crippen LogP contribution in [0.5, 0.6) is 5.75 Å². The van der Waals surface area contributed by atoms with Crippen molar-refractivity contribution < 1.29 is 18.3 Å². The summed E-state index contributed by atoms with van der Waals surface area (Å²) in [7, 11) is 0. The molecule has 1 atom stereocenters. The zero-order valence-electron chi connectivity index (χ0n) is 14.2. The van der Waals surface area contributed by atoms with Gasteiger partial charge in [0.25, 0.3) is 0 Å². The number of aromatic nitrogens is 4. The molecule has 0 aliphatic rings. The van der Waals surface area contributed by atoms with Crippen molar-refractivity contribution in [3.05, 3.63) is 77.6 Å². The molecule has 1 unspecified atom stereocenters. The predicted molar refractivity (Wildman–Crippen MR) is 93.5 cm³/mol. The van der Waals surface area contributed by atoms with Crippen LogP contribution in [0.25, 0.3) is 11.0 Å². The Bertz CT molecular complexity index is 1120. The van der Waals surface area contributed by atoms with Gasteiger partial charge < -0.3 is 14.7 Å². The van der Waals surface area contributed by atoms with Crippen LogP contribution >= 0.6 is 0 Å². The van der Waals surface area contributed by atoms with E-state index in [9.17, 15) is 13.6 Å². The third-order valence-electron chi connectivity index (χ3n) is 4.19. The molecule has 0 aliphatic carbocycles. The molecule has 2 N–H and O–H groups in total. The summed E-state index contributed by atoms with van der Waals surface area (Å²) in [6.45, 7) is 1.66. The first-order valence-electron chi connectivity index (χ1n) is 8.17. The maximum atomic E-state index is 14.9. The molecule has 0 saturated heterocycles. The largest absolute Gasteiger partial charge is 0.480 e. The Balaban J connectivity index is 1.73. The molecule has 0 fully saturated rings. The van der Waals surface area contributed by atoms with Gasteiger partial charge in [-0.15, -0.1) is 0 Å². The summed E-state index contributed by atoms with van der Waals surface area (Å²) in [4.78, 5) is 26.6. The summed E-state index contributed by atoms with van der Waals surface area (Å²) >= 11 is 0. The maximum Gasteiger partial charge on any atom is 0.201 e. The number of carbonyl (C=O) groups is 1. The lowest BCUT2D eigenvalue weighted by molar-refractivity contribution is 0.103. The van der Waals surface area contributed by atoms with Crippen molar-refractivity contribution in [1.82, 2.24) is 19.9 Å². The van der Waals surface area contributed by atoms with Gasteiger partial charge in [0.2, 0.25) is 5.78 Å². The number of aromatic amines is 2. The SMILES string of the molecule is CC(Oc1ccc(F)c(C(=O)c2c[nH]c3ncccc23)c1F)c1ncc[nH]1. The fourth-order valence-electron chi connectivity index (χ4n) is 2.86. The first kappa shape index (κ1) is 16.9. The molecule has 27 heavy (non-hydrogen) atoms. The van der Waals surface area contributed by atoms with Crippen LogP contribution in [-0.2, 0) is 0 Å². The van der Waals surface area contributed by atoms with Crippen LogP contribution in [0, 0.1) is 11.6 Å². The zero-order chi connectivity index (χ0) is 19.0. The van der Waals surface area contributed by atoms with E-state index in [0.717, 1.165) is 12.1 Å². The summed E-state index contributed by atoms with van der Waals surface area (Å²) in [6, 6.07) is 5.46. The highest BCUT2D eigenvalue weighted by molar-refractivity contribution is 6.16. The fourth-order valence-corrected chi connectivity index (χ4v) is 2.86. The van der Waals surface area contributed by atoms with E-state index in [-0.39, 0.29) is 11.3 Å². The van der Waals surface area contributed by atoms with E-state index >= 15 is 0 Å². The van der Waals surface area contributed by atoms with Gasteiger partial charge in [-0.2, -0.15) is 0 Å². The minimum atomic E-state index is -1.06. The molecule has 0 bridgehead atoms. The normalized spacial score (nSPS) is 12.3. The van der Waals surface area contributed by atoms with Crippen LogP contribution in [0.4, 0.5) is 8.78 Å². The van der Waals surface area contributed by atoms with Gasteiger partial charge in [-0.1, -0.05) is 0 Å². The van der Waals surface area contributed by atoms with Gasteiger partial charge in [0.1, 0.15) is 17.3 Å². The summed E-state index contributed by atoms with van der Waals surface area (Å²) in [5.41, 5.74) is -0.0865. The predicted octanol–water partition coefficient (Wildman–Crippen LogP) is 3.94. The smallest absolute Gasteiger partial charge is 0.201 e. The van der Waals surface area contributed by atoms with Gasteiger partial charge in [0.05, 0.1) is 5.56 Å². The number of H-pyrrole nitrogens is 2. The molecular weight excluding hydrogens is 354 g/mol. The number of hydrogen-bond acceptors (Lipinski definition) is 4. The van der Waals surface area contributed by atoms with Crippen LogP contribution in [-0.4, -0.2) is 25.7 Å². The van der Waals surface area contributed by atoms with E-state index in [1.807, 2.05) is 0 Å². The van der Waals surface area contributed by atoms with Crippen molar-refractivity contribution in [3.63, 3.8) is 0 Å². The third kappa shape index (κ3) is 2.95. The minimum absolute atomic E-state index is 0.132.